The Hall–Kier alpha value is -0.850. The Morgan fingerprint density at radius 1 is 1.50 bits per heavy atom. The zero-order valence-corrected chi connectivity index (χ0v) is 15.5. The number of hydrogen-bond donors (Lipinski definition) is 1. The molecule has 0 aliphatic carbocycles. The summed E-state index contributed by atoms with van der Waals surface area (Å²) in [5.74, 6) is 1.21. The molecular weight excluding hydrogens is 364 g/mol. The summed E-state index contributed by atoms with van der Waals surface area (Å²) in [5.41, 5.74) is 0.736. The molecule has 2 heterocycles. The second-order valence-corrected chi connectivity index (χ2v) is 7.36. The molecule has 1 aromatic carbocycles. The molecule has 2 aliphatic heterocycles. The SMILES string of the molecule is COCCCN1C(=S)N[C@@H]2c3cc(Br)ccc3O[C@@]1(C)[C@H]2C. The molecule has 0 radical (unpaired) electrons. The van der Waals surface area contributed by atoms with E-state index in [9.17, 15) is 0 Å². The number of thiocarbonyl (C=S) groups is 1. The smallest absolute Gasteiger partial charge is 0.186 e. The quantitative estimate of drug-likeness (QED) is 0.634. The Balaban J connectivity index is 1.95. The van der Waals surface area contributed by atoms with Crippen molar-refractivity contribution in [2.24, 2.45) is 5.92 Å². The molecule has 2 aliphatic rings. The minimum absolute atomic E-state index is 0.178. The molecule has 120 valence electrons. The zero-order valence-electron chi connectivity index (χ0n) is 13.1. The molecule has 0 amide bonds. The minimum atomic E-state index is -0.429. The first kappa shape index (κ1) is 16.0. The van der Waals surface area contributed by atoms with Gasteiger partial charge in [-0.05, 0) is 43.8 Å². The van der Waals surface area contributed by atoms with Gasteiger partial charge in [0.25, 0.3) is 0 Å². The van der Waals surface area contributed by atoms with Crippen molar-refractivity contribution in [3.05, 3.63) is 28.2 Å². The van der Waals surface area contributed by atoms with Gasteiger partial charge < -0.3 is 19.7 Å². The van der Waals surface area contributed by atoms with Crippen LogP contribution in [-0.2, 0) is 4.74 Å². The van der Waals surface area contributed by atoms with Gasteiger partial charge >= 0.3 is 0 Å². The number of halogens is 1. The van der Waals surface area contributed by atoms with E-state index < -0.39 is 5.72 Å². The predicted octanol–water partition coefficient (Wildman–Crippen LogP) is 3.46. The number of nitrogens with zero attached hydrogens (tertiary/aromatic N) is 1. The molecule has 0 aromatic heterocycles. The van der Waals surface area contributed by atoms with E-state index in [1.807, 2.05) is 12.1 Å². The van der Waals surface area contributed by atoms with Crippen molar-refractivity contribution in [2.45, 2.75) is 32.0 Å². The molecule has 0 spiro atoms. The van der Waals surface area contributed by atoms with Gasteiger partial charge in [-0.25, -0.2) is 0 Å². The molecule has 0 saturated carbocycles. The summed E-state index contributed by atoms with van der Waals surface area (Å²) in [7, 11) is 1.72. The molecule has 6 heteroatoms. The molecule has 2 bridgehead atoms. The van der Waals surface area contributed by atoms with Crippen LogP contribution in [0.25, 0.3) is 0 Å². The number of ether oxygens (including phenoxy) is 2. The second kappa shape index (κ2) is 5.98. The molecule has 22 heavy (non-hydrogen) atoms. The van der Waals surface area contributed by atoms with Gasteiger partial charge in [-0.15, -0.1) is 0 Å². The molecule has 0 unspecified atom stereocenters. The molecule has 3 rings (SSSR count). The molecule has 1 fully saturated rings. The van der Waals surface area contributed by atoms with Crippen molar-refractivity contribution < 1.29 is 9.47 Å². The Bertz CT molecular complexity index is 598. The fourth-order valence-corrected chi connectivity index (χ4v) is 4.13. The zero-order chi connectivity index (χ0) is 15.9. The third-order valence-electron chi connectivity index (χ3n) is 4.76. The first-order valence-electron chi connectivity index (χ1n) is 7.53. The number of fused-ring (bicyclic) bond motifs is 4. The number of rotatable bonds is 4. The average Bonchev–Trinajstić information content (AvgIpc) is 2.47. The highest BCUT2D eigenvalue weighted by atomic mass is 79.9. The van der Waals surface area contributed by atoms with Crippen molar-refractivity contribution in [1.82, 2.24) is 10.2 Å². The van der Waals surface area contributed by atoms with E-state index in [1.165, 1.54) is 5.56 Å². The maximum Gasteiger partial charge on any atom is 0.186 e. The van der Waals surface area contributed by atoms with Gasteiger partial charge in [0.2, 0.25) is 0 Å². The average molecular weight is 385 g/mol. The van der Waals surface area contributed by atoms with Crippen molar-refractivity contribution in [2.75, 3.05) is 20.3 Å². The van der Waals surface area contributed by atoms with Crippen molar-refractivity contribution in [1.29, 1.82) is 0 Å². The highest BCUT2D eigenvalue weighted by Gasteiger charge is 2.52. The van der Waals surface area contributed by atoms with Gasteiger partial charge in [-0.3, -0.25) is 0 Å². The maximum absolute atomic E-state index is 6.41. The van der Waals surface area contributed by atoms with Crippen LogP contribution in [0.5, 0.6) is 5.75 Å². The Morgan fingerprint density at radius 2 is 2.27 bits per heavy atom. The highest BCUT2D eigenvalue weighted by molar-refractivity contribution is 9.10. The van der Waals surface area contributed by atoms with Crippen LogP contribution < -0.4 is 10.1 Å². The highest BCUT2D eigenvalue weighted by Crippen LogP contribution is 2.48. The topological polar surface area (TPSA) is 33.7 Å². The van der Waals surface area contributed by atoms with Gasteiger partial charge in [0.05, 0.1) is 6.04 Å². The van der Waals surface area contributed by atoms with Gasteiger partial charge in [-0.1, -0.05) is 22.9 Å². The fraction of sp³-hybridized carbons (Fsp3) is 0.562. The van der Waals surface area contributed by atoms with Gasteiger partial charge in [-0.2, -0.15) is 0 Å². The molecule has 1 N–H and O–H groups in total. The lowest BCUT2D eigenvalue weighted by molar-refractivity contribution is -0.111. The lowest BCUT2D eigenvalue weighted by Crippen LogP contribution is -2.69. The molecule has 4 nitrogen and oxygen atoms in total. The number of nitrogens with one attached hydrogen (secondary N) is 1. The summed E-state index contributed by atoms with van der Waals surface area (Å²) in [6.07, 6.45) is 0.919. The van der Waals surface area contributed by atoms with Crippen LogP contribution in [0.3, 0.4) is 0 Å². The van der Waals surface area contributed by atoms with Crippen LogP contribution in [0.15, 0.2) is 22.7 Å². The number of hydrogen-bond acceptors (Lipinski definition) is 3. The first-order valence-corrected chi connectivity index (χ1v) is 8.73. The summed E-state index contributed by atoms with van der Waals surface area (Å²) >= 11 is 9.14. The van der Waals surface area contributed by atoms with Crippen LogP contribution >= 0.6 is 28.1 Å². The van der Waals surface area contributed by atoms with Gasteiger partial charge in [0, 0.05) is 36.2 Å². The lowest BCUT2D eigenvalue weighted by Gasteiger charge is -2.56. The lowest BCUT2D eigenvalue weighted by atomic mass is 9.81. The fourth-order valence-electron chi connectivity index (χ4n) is 3.36. The van der Waals surface area contributed by atoms with Crippen LogP contribution in [-0.4, -0.2) is 36.0 Å². The van der Waals surface area contributed by atoms with Crippen LogP contribution in [0.2, 0.25) is 0 Å². The third kappa shape index (κ3) is 2.51. The van der Waals surface area contributed by atoms with Crippen LogP contribution in [0.1, 0.15) is 31.9 Å². The predicted molar refractivity (Wildman–Crippen MR) is 94.0 cm³/mol. The van der Waals surface area contributed by atoms with E-state index in [2.05, 4.69) is 46.1 Å². The molecular formula is C16H21BrN2O2S. The third-order valence-corrected chi connectivity index (χ3v) is 5.59. The normalized spacial score (nSPS) is 29.6. The Kier molecular flexibility index (Phi) is 4.36. The largest absolute Gasteiger partial charge is 0.467 e. The first-order chi connectivity index (χ1) is 10.5. The monoisotopic (exact) mass is 384 g/mol. The van der Waals surface area contributed by atoms with E-state index >= 15 is 0 Å². The van der Waals surface area contributed by atoms with E-state index in [-0.39, 0.29) is 12.0 Å². The van der Waals surface area contributed by atoms with E-state index in [4.69, 9.17) is 21.7 Å². The van der Waals surface area contributed by atoms with Crippen molar-refractivity contribution in [3.63, 3.8) is 0 Å². The maximum atomic E-state index is 6.41. The van der Waals surface area contributed by atoms with Gasteiger partial charge in [0.1, 0.15) is 5.75 Å². The molecule has 1 saturated heterocycles. The standard InChI is InChI=1S/C16H21BrN2O2S/c1-10-14-12-9-11(17)5-6-13(12)21-16(10,2)19(15(22)18-14)7-4-8-20-3/h5-6,9-10,14H,4,7-8H2,1-3H3,(H,18,22)/t10-,14-,16-/m0/s1. The van der Waals surface area contributed by atoms with E-state index in [0.29, 0.717) is 0 Å². The summed E-state index contributed by atoms with van der Waals surface area (Å²) in [6.45, 7) is 5.89. The number of benzene rings is 1. The van der Waals surface area contributed by atoms with Gasteiger partial charge in [0.15, 0.2) is 10.8 Å². The summed E-state index contributed by atoms with van der Waals surface area (Å²) < 4.78 is 12.6. The summed E-state index contributed by atoms with van der Waals surface area (Å²) in [5, 5.41) is 4.26. The number of methoxy groups -OCH3 is 1. The minimum Gasteiger partial charge on any atom is -0.467 e. The Labute approximate surface area is 145 Å². The van der Waals surface area contributed by atoms with Crippen molar-refractivity contribution in [3.8, 4) is 5.75 Å². The van der Waals surface area contributed by atoms with E-state index in [0.717, 1.165) is 34.9 Å². The van der Waals surface area contributed by atoms with E-state index in [1.54, 1.807) is 7.11 Å². The second-order valence-electron chi connectivity index (χ2n) is 6.05. The van der Waals surface area contributed by atoms with Crippen molar-refractivity contribution >= 4 is 33.3 Å². The van der Waals surface area contributed by atoms with Crippen LogP contribution in [0.4, 0.5) is 0 Å². The molecule has 3 atom stereocenters. The Morgan fingerprint density at radius 3 is 3.00 bits per heavy atom. The summed E-state index contributed by atoms with van der Waals surface area (Å²) in [6, 6.07) is 6.34. The van der Waals surface area contributed by atoms with Crippen LogP contribution in [0, 0.1) is 5.92 Å². The molecule has 1 aromatic rings. The summed E-state index contributed by atoms with van der Waals surface area (Å²) in [4.78, 5) is 2.16.